The largest absolute Gasteiger partial charge is 0.396 e. The average Bonchev–Trinajstić information content (AvgIpc) is 2.73. The SMILES string of the molecule is CC(C)C(=O)NCC(=O)N1CCC(CO)C1. The second kappa shape index (κ2) is 5.84. The maximum absolute atomic E-state index is 11.7. The number of aliphatic hydroxyl groups excluding tert-OH is 1. The summed E-state index contributed by atoms with van der Waals surface area (Å²) < 4.78 is 0. The molecule has 2 N–H and O–H groups in total. The highest BCUT2D eigenvalue weighted by Crippen LogP contribution is 2.14. The number of carbonyl (C=O) groups excluding carboxylic acids is 2. The van der Waals surface area contributed by atoms with E-state index in [1.165, 1.54) is 0 Å². The van der Waals surface area contributed by atoms with Gasteiger partial charge in [-0.3, -0.25) is 9.59 Å². The first-order valence-electron chi connectivity index (χ1n) is 5.71. The fraction of sp³-hybridized carbons (Fsp3) is 0.818. The third-order valence-corrected chi connectivity index (χ3v) is 2.83. The van der Waals surface area contributed by atoms with Crippen LogP contribution in [-0.4, -0.2) is 48.1 Å². The molecule has 0 bridgehead atoms. The van der Waals surface area contributed by atoms with Crippen LogP contribution in [0.4, 0.5) is 0 Å². The van der Waals surface area contributed by atoms with Crippen LogP contribution < -0.4 is 5.32 Å². The van der Waals surface area contributed by atoms with E-state index in [1.807, 2.05) is 0 Å². The molecular weight excluding hydrogens is 208 g/mol. The van der Waals surface area contributed by atoms with E-state index in [1.54, 1.807) is 18.7 Å². The zero-order chi connectivity index (χ0) is 12.1. The molecule has 1 fully saturated rings. The van der Waals surface area contributed by atoms with Gasteiger partial charge in [-0.2, -0.15) is 0 Å². The van der Waals surface area contributed by atoms with Crippen LogP contribution in [0.1, 0.15) is 20.3 Å². The summed E-state index contributed by atoms with van der Waals surface area (Å²) in [6.45, 7) is 5.06. The number of nitrogens with one attached hydrogen (secondary N) is 1. The Balaban J connectivity index is 2.28. The van der Waals surface area contributed by atoms with Gasteiger partial charge in [0.1, 0.15) is 0 Å². The summed E-state index contributed by atoms with van der Waals surface area (Å²) in [4.78, 5) is 24.6. The number of rotatable bonds is 4. The maximum atomic E-state index is 11.7. The summed E-state index contributed by atoms with van der Waals surface area (Å²) in [6.07, 6.45) is 0.848. The standard InChI is InChI=1S/C11H20N2O3/c1-8(2)11(16)12-5-10(15)13-4-3-9(6-13)7-14/h8-9,14H,3-7H2,1-2H3,(H,12,16). The fourth-order valence-electron chi connectivity index (χ4n) is 1.69. The minimum absolute atomic E-state index is 0.0646. The molecule has 2 amide bonds. The summed E-state index contributed by atoms with van der Waals surface area (Å²) in [5.74, 6) is -0.0717. The van der Waals surface area contributed by atoms with Crippen LogP contribution in [-0.2, 0) is 9.59 Å². The van der Waals surface area contributed by atoms with E-state index in [0.29, 0.717) is 13.1 Å². The monoisotopic (exact) mass is 228 g/mol. The van der Waals surface area contributed by atoms with Gasteiger partial charge in [0, 0.05) is 31.5 Å². The van der Waals surface area contributed by atoms with Crippen LogP contribution in [0.25, 0.3) is 0 Å². The number of carbonyl (C=O) groups is 2. The summed E-state index contributed by atoms with van der Waals surface area (Å²) in [7, 11) is 0. The van der Waals surface area contributed by atoms with Gasteiger partial charge < -0.3 is 15.3 Å². The van der Waals surface area contributed by atoms with Gasteiger partial charge in [0.25, 0.3) is 0 Å². The highest BCUT2D eigenvalue weighted by atomic mass is 16.3. The molecule has 5 nitrogen and oxygen atoms in total. The quantitative estimate of drug-likeness (QED) is 0.688. The van der Waals surface area contributed by atoms with E-state index < -0.39 is 0 Å². The average molecular weight is 228 g/mol. The third-order valence-electron chi connectivity index (χ3n) is 2.83. The van der Waals surface area contributed by atoms with Crippen LogP contribution in [0.3, 0.4) is 0 Å². The van der Waals surface area contributed by atoms with Gasteiger partial charge in [0.2, 0.25) is 11.8 Å². The second-order valence-electron chi connectivity index (χ2n) is 4.55. The Morgan fingerprint density at radius 3 is 2.69 bits per heavy atom. The van der Waals surface area contributed by atoms with Crippen molar-refractivity contribution < 1.29 is 14.7 Å². The Morgan fingerprint density at radius 1 is 1.50 bits per heavy atom. The molecule has 0 aromatic heterocycles. The van der Waals surface area contributed by atoms with Crippen LogP contribution in [0, 0.1) is 11.8 Å². The number of nitrogens with zero attached hydrogens (tertiary/aromatic N) is 1. The topological polar surface area (TPSA) is 69.6 Å². The van der Waals surface area contributed by atoms with Crippen molar-refractivity contribution in [2.75, 3.05) is 26.2 Å². The normalized spacial score (nSPS) is 20.2. The Morgan fingerprint density at radius 2 is 2.19 bits per heavy atom. The van der Waals surface area contributed by atoms with E-state index in [4.69, 9.17) is 5.11 Å². The van der Waals surface area contributed by atoms with Crippen molar-refractivity contribution in [3.63, 3.8) is 0 Å². The van der Waals surface area contributed by atoms with Crippen molar-refractivity contribution >= 4 is 11.8 Å². The molecule has 5 heteroatoms. The molecule has 0 aromatic carbocycles. The first-order chi connectivity index (χ1) is 7.54. The number of hydrogen-bond donors (Lipinski definition) is 2. The molecule has 0 aromatic rings. The highest BCUT2D eigenvalue weighted by molar-refractivity contribution is 5.85. The number of aliphatic hydroxyl groups is 1. The summed E-state index contributed by atoms with van der Waals surface area (Å²) in [5.41, 5.74) is 0. The van der Waals surface area contributed by atoms with E-state index in [9.17, 15) is 9.59 Å². The zero-order valence-electron chi connectivity index (χ0n) is 9.90. The molecule has 0 radical (unpaired) electrons. The molecule has 1 aliphatic heterocycles. The van der Waals surface area contributed by atoms with Gasteiger partial charge in [-0.1, -0.05) is 13.8 Å². The van der Waals surface area contributed by atoms with Crippen molar-refractivity contribution in [3.05, 3.63) is 0 Å². The van der Waals surface area contributed by atoms with Gasteiger partial charge in [0.05, 0.1) is 6.54 Å². The van der Waals surface area contributed by atoms with Crippen LogP contribution >= 0.6 is 0 Å². The number of amides is 2. The van der Waals surface area contributed by atoms with E-state index in [2.05, 4.69) is 5.32 Å². The second-order valence-corrected chi connectivity index (χ2v) is 4.55. The van der Waals surface area contributed by atoms with Gasteiger partial charge >= 0.3 is 0 Å². The molecule has 92 valence electrons. The zero-order valence-corrected chi connectivity index (χ0v) is 9.90. The van der Waals surface area contributed by atoms with Crippen LogP contribution in [0.5, 0.6) is 0 Å². The molecule has 16 heavy (non-hydrogen) atoms. The lowest BCUT2D eigenvalue weighted by atomic mass is 10.1. The van der Waals surface area contributed by atoms with Crippen molar-refractivity contribution in [2.45, 2.75) is 20.3 Å². The smallest absolute Gasteiger partial charge is 0.241 e. The van der Waals surface area contributed by atoms with Gasteiger partial charge in [-0.25, -0.2) is 0 Å². The van der Waals surface area contributed by atoms with E-state index >= 15 is 0 Å². The first-order valence-corrected chi connectivity index (χ1v) is 5.71. The van der Waals surface area contributed by atoms with Crippen LogP contribution in [0.2, 0.25) is 0 Å². The van der Waals surface area contributed by atoms with E-state index in [-0.39, 0.29) is 36.8 Å². The van der Waals surface area contributed by atoms with Crippen molar-refractivity contribution in [3.8, 4) is 0 Å². The lowest BCUT2D eigenvalue weighted by Gasteiger charge is -2.16. The van der Waals surface area contributed by atoms with Gasteiger partial charge in [-0.05, 0) is 6.42 Å². The van der Waals surface area contributed by atoms with Gasteiger partial charge in [0.15, 0.2) is 0 Å². The van der Waals surface area contributed by atoms with Crippen molar-refractivity contribution in [2.24, 2.45) is 11.8 Å². The Bertz CT molecular complexity index is 266. The summed E-state index contributed by atoms with van der Waals surface area (Å²) in [6, 6.07) is 0. The molecule has 1 aliphatic rings. The molecule has 0 saturated carbocycles. The molecule has 1 rings (SSSR count). The van der Waals surface area contributed by atoms with Crippen LogP contribution in [0.15, 0.2) is 0 Å². The van der Waals surface area contributed by atoms with E-state index in [0.717, 1.165) is 6.42 Å². The minimum Gasteiger partial charge on any atom is -0.396 e. The molecule has 1 atom stereocenters. The summed E-state index contributed by atoms with van der Waals surface area (Å²) in [5, 5.41) is 11.5. The molecule has 1 heterocycles. The third kappa shape index (κ3) is 3.48. The molecule has 1 unspecified atom stereocenters. The number of hydrogen-bond acceptors (Lipinski definition) is 3. The van der Waals surface area contributed by atoms with Crippen molar-refractivity contribution in [1.29, 1.82) is 0 Å². The fourth-order valence-corrected chi connectivity index (χ4v) is 1.69. The number of likely N-dealkylation sites (tertiary alicyclic amines) is 1. The minimum atomic E-state index is -0.105. The van der Waals surface area contributed by atoms with Gasteiger partial charge in [-0.15, -0.1) is 0 Å². The molecule has 1 saturated heterocycles. The van der Waals surface area contributed by atoms with Crippen molar-refractivity contribution in [1.82, 2.24) is 10.2 Å². The Labute approximate surface area is 95.8 Å². The molecular formula is C11H20N2O3. The maximum Gasteiger partial charge on any atom is 0.241 e. The first kappa shape index (κ1) is 13.0. The molecule has 0 spiro atoms. The lowest BCUT2D eigenvalue weighted by molar-refractivity contribution is -0.133. The highest BCUT2D eigenvalue weighted by Gasteiger charge is 2.25. The Kier molecular flexibility index (Phi) is 4.73. The predicted molar refractivity (Wildman–Crippen MR) is 59.6 cm³/mol. The predicted octanol–water partition coefficient (Wildman–Crippen LogP) is -0.401. The summed E-state index contributed by atoms with van der Waals surface area (Å²) >= 11 is 0. The molecule has 0 aliphatic carbocycles. The Hall–Kier alpha value is -1.10. The lowest BCUT2D eigenvalue weighted by Crippen LogP contribution is -2.40.